The smallest absolute Gasteiger partial charge is 0.223 e. The van der Waals surface area contributed by atoms with Gasteiger partial charge >= 0.3 is 0 Å². The number of piperidine rings is 1. The lowest BCUT2D eigenvalue weighted by atomic mass is 9.95. The lowest BCUT2D eigenvalue weighted by Crippen LogP contribution is -2.40. The minimum atomic E-state index is 0.0873. The number of rotatable bonds is 9. The van der Waals surface area contributed by atoms with Crippen LogP contribution in [0, 0.1) is 5.92 Å². The highest BCUT2D eigenvalue weighted by atomic mass is 16.5. The van der Waals surface area contributed by atoms with Gasteiger partial charge in [-0.15, -0.1) is 0 Å². The van der Waals surface area contributed by atoms with Gasteiger partial charge in [-0.25, -0.2) is 0 Å². The summed E-state index contributed by atoms with van der Waals surface area (Å²) < 4.78 is 16.1. The SMILES string of the molecule is COc1ccccc1CN1CCC(C(=O)NCCc2ccc(OC)c(OC)c2)CC1. The van der Waals surface area contributed by atoms with Crippen molar-refractivity contribution >= 4 is 5.91 Å². The average Bonchev–Trinajstić information content (AvgIpc) is 2.79. The van der Waals surface area contributed by atoms with Crippen LogP contribution in [0.1, 0.15) is 24.0 Å². The van der Waals surface area contributed by atoms with E-state index in [0.717, 1.165) is 50.2 Å². The second kappa shape index (κ2) is 10.9. The molecule has 3 rings (SSSR count). The summed E-state index contributed by atoms with van der Waals surface area (Å²) in [5.74, 6) is 2.60. The van der Waals surface area contributed by atoms with Crippen LogP contribution in [0.5, 0.6) is 17.2 Å². The molecular formula is C24H32N2O4. The lowest BCUT2D eigenvalue weighted by molar-refractivity contribution is -0.126. The second-order valence-electron chi connectivity index (χ2n) is 7.59. The van der Waals surface area contributed by atoms with Gasteiger partial charge in [0.1, 0.15) is 5.75 Å². The monoisotopic (exact) mass is 412 g/mol. The Morgan fingerprint density at radius 3 is 2.37 bits per heavy atom. The van der Waals surface area contributed by atoms with Crippen molar-refractivity contribution in [1.29, 1.82) is 0 Å². The molecule has 2 aromatic carbocycles. The molecule has 6 nitrogen and oxygen atoms in total. The first-order valence-electron chi connectivity index (χ1n) is 10.5. The number of likely N-dealkylation sites (tertiary alicyclic amines) is 1. The maximum atomic E-state index is 12.6. The molecule has 0 aliphatic carbocycles. The molecule has 162 valence electrons. The zero-order chi connectivity index (χ0) is 21.3. The van der Waals surface area contributed by atoms with Crippen LogP contribution in [0.4, 0.5) is 0 Å². The topological polar surface area (TPSA) is 60.0 Å². The molecule has 1 fully saturated rings. The van der Waals surface area contributed by atoms with Gasteiger partial charge in [-0.3, -0.25) is 9.69 Å². The number of ether oxygens (including phenoxy) is 3. The number of carbonyl (C=O) groups excluding carboxylic acids is 1. The predicted molar refractivity (Wildman–Crippen MR) is 117 cm³/mol. The molecule has 1 saturated heterocycles. The Hall–Kier alpha value is -2.73. The summed E-state index contributed by atoms with van der Waals surface area (Å²) in [6.45, 7) is 3.32. The molecule has 1 aliphatic heterocycles. The van der Waals surface area contributed by atoms with E-state index in [4.69, 9.17) is 14.2 Å². The number of hydrogen-bond acceptors (Lipinski definition) is 5. The Bertz CT molecular complexity index is 832. The summed E-state index contributed by atoms with van der Waals surface area (Å²) in [5, 5.41) is 3.10. The average molecular weight is 413 g/mol. The standard InChI is InChI=1S/C24H32N2O4/c1-28-21-7-5-4-6-20(21)17-26-14-11-19(12-15-26)24(27)25-13-10-18-8-9-22(29-2)23(16-18)30-3/h4-9,16,19H,10-15,17H2,1-3H3,(H,25,27). The van der Waals surface area contributed by atoms with Gasteiger partial charge in [-0.1, -0.05) is 24.3 Å². The van der Waals surface area contributed by atoms with Gasteiger partial charge in [0, 0.05) is 24.6 Å². The largest absolute Gasteiger partial charge is 0.496 e. The van der Waals surface area contributed by atoms with E-state index < -0.39 is 0 Å². The number of para-hydroxylation sites is 1. The van der Waals surface area contributed by atoms with Crippen LogP contribution in [-0.4, -0.2) is 51.8 Å². The molecule has 0 spiro atoms. The minimum Gasteiger partial charge on any atom is -0.496 e. The Balaban J connectivity index is 1.42. The van der Waals surface area contributed by atoms with E-state index in [9.17, 15) is 4.79 Å². The molecule has 1 N–H and O–H groups in total. The fourth-order valence-electron chi connectivity index (χ4n) is 3.94. The third-order valence-electron chi connectivity index (χ3n) is 5.71. The van der Waals surface area contributed by atoms with E-state index in [1.165, 1.54) is 5.56 Å². The quantitative estimate of drug-likeness (QED) is 0.685. The van der Waals surface area contributed by atoms with Crippen LogP contribution in [0.3, 0.4) is 0 Å². The van der Waals surface area contributed by atoms with Crippen molar-refractivity contribution in [3.63, 3.8) is 0 Å². The van der Waals surface area contributed by atoms with Crippen molar-refractivity contribution in [2.45, 2.75) is 25.8 Å². The Morgan fingerprint density at radius 1 is 0.967 bits per heavy atom. The van der Waals surface area contributed by atoms with Crippen molar-refractivity contribution in [3.05, 3.63) is 53.6 Å². The molecule has 0 aromatic heterocycles. The lowest BCUT2D eigenvalue weighted by Gasteiger charge is -2.31. The van der Waals surface area contributed by atoms with E-state index in [2.05, 4.69) is 16.3 Å². The molecular weight excluding hydrogens is 380 g/mol. The van der Waals surface area contributed by atoms with E-state index in [1.54, 1.807) is 21.3 Å². The van der Waals surface area contributed by atoms with Crippen molar-refractivity contribution < 1.29 is 19.0 Å². The van der Waals surface area contributed by atoms with Crippen molar-refractivity contribution in [2.75, 3.05) is 41.0 Å². The van der Waals surface area contributed by atoms with Crippen molar-refractivity contribution in [2.24, 2.45) is 5.92 Å². The minimum absolute atomic E-state index is 0.0873. The van der Waals surface area contributed by atoms with Crippen LogP contribution in [0.15, 0.2) is 42.5 Å². The second-order valence-corrected chi connectivity index (χ2v) is 7.59. The Kier molecular flexibility index (Phi) is 7.97. The van der Waals surface area contributed by atoms with Crippen molar-refractivity contribution in [1.82, 2.24) is 10.2 Å². The van der Waals surface area contributed by atoms with Gasteiger partial charge in [-0.05, 0) is 56.1 Å². The van der Waals surface area contributed by atoms with Crippen LogP contribution < -0.4 is 19.5 Å². The maximum absolute atomic E-state index is 12.6. The summed E-state index contributed by atoms with van der Waals surface area (Å²) in [4.78, 5) is 15.0. The number of nitrogens with zero attached hydrogens (tertiary/aromatic N) is 1. The first kappa shape index (κ1) is 22.0. The maximum Gasteiger partial charge on any atom is 0.223 e. The van der Waals surface area contributed by atoms with E-state index in [0.29, 0.717) is 18.0 Å². The zero-order valence-corrected chi connectivity index (χ0v) is 18.1. The summed E-state index contributed by atoms with van der Waals surface area (Å²) in [7, 11) is 4.96. The molecule has 0 atom stereocenters. The molecule has 0 unspecified atom stereocenters. The fraction of sp³-hybridized carbons (Fsp3) is 0.458. The summed E-state index contributed by atoms with van der Waals surface area (Å²) in [5.41, 5.74) is 2.30. The van der Waals surface area contributed by atoms with Crippen LogP contribution in [0.2, 0.25) is 0 Å². The Morgan fingerprint density at radius 2 is 1.67 bits per heavy atom. The summed E-state index contributed by atoms with van der Waals surface area (Å²) >= 11 is 0. The number of benzene rings is 2. The summed E-state index contributed by atoms with van der Waals surface area (Å²) in [6, 6.07) is 14.0. The highest BCUT2D eigenvalue weighted by molar-refractivity contribution is 5.78. The molecule has 1 heterocycles. The number of nitrogens with one attached hydrogen (secondary N) is 1. The van der Waals surface area contributed by atoms with Gasteiger partial charge < -0.3 is 19.5 Å². The Labute approximate surface area is 179 Å². The number of carbonyl (C=O) groups is 1. The fourth-order valence-corrected chi connectivity index (χ4v) is 3.94. The first-order chi connectivity index (χ1) is 14.6. The highest BCUT2D eigenvalue weighted by Gasteiger charge is 2.25. The van der Waals surface area contributed by atoms with E-state index in [-0.39, 0.29) is 11.8 Å². The highest BCUT2D eigenvalue weighted by Crippen LogP contribution is 2.28. The van der Waals surface area contributed by atoms with Gasteiger partial charge in [-0.2, -0.15) is 0 Å². The zero-order valence-electron chi connectivity index (χ0n) is 18.1. The predicted octanol–water partition coefficient (Wildman–Crippen LogP) is 3.28. The molecule has 6 heteroatoms. The molecule has 0 bridgehead atoms. The molecule has 1 amide bonds. The number of hydrogen-bond donors (Lipinski definition) is 1. The van der Waals surface area contributed by atoms with E-state index >= 15 is 0 Å². The van der Waals surface area contributed by atoms with Gasteiger partial charge in [0.05, 0.1) is 21.3 Å². The van der Waals surface area contributed by atoms with Gasteiger partial charge in [0.15, 0.2) is 11.5 Å². The van der Waals surface area contributed by atoms with Crippen LogP contribution >= 0.6 is 0 Å². The third-order valence-corrected chi connectivity index (χ3v) is 5.71. The van der Waals surface area contributed by atoms with Crippen LogP contribution in [-0.2, 0) is 17.8 Å². The van der Waals surface area contributed by atoms with Crippen LogP contribution in [0.25, 0.3) is 0 Å². The molecule has 0 saturated carbocycles. The third kappa shape index (κ3) is 5.66. The van der Waals surface area contributed by atoms with Crippen molar-refractivity contribution in [3.8, 4) is 17.2 Å². The van der Waals surface area contributed by atoms with E-state index in [1.807, 2.05) is 36.4 Å². The number of methoxy groups -OCH3 is 3. The number of amides is 1. The summed E-state index contributed by atoms with van der Waals surface area (Å²) in [6.07, 6.45) is 2.54. The normalized spacial score (nSPS) is 14.9. The van der Waals surface area contributed by atoms with Gasteiger partial charge in [0.2, 0.25) is 5.91 Å². The first-order valence-corrected chi connectivity index (χ1v) is 10.5. The molecule has 30 heavy (non-hydrogen) atoms. The molecule has 1 aliphatic rings. The molecule has 2 aromatic rings. The molecule has 0 radical (unpaired) electrons. The van der Waals surface area contributed by atoms with Gasteiger partial charge in [0.25, 0.3) is 0 Å².